The van der Waals surface area contributed by atoms with E-state index in [2.05, 4.69) is 14.7 Å². The van der Waals surface area contributed by atoms with Crippen LogP contribution in [0.3, 0.4) is 0 Å². The molecule has 43 heavy (non-hydrogen) atoms. The quantitative estimate of drug-likeness (QED) is 0.210. The van der Waals surface area contributed by atoms with Gasteiger partial charge < -0.3 is 18.8 Å². The molecule has 3 aromatic carbocycles. The summed E-state index contributed by atoms with van der Waals surface area (Å²) in [7, 11) is -3.59. The van der Waals surface area contributed by atoms with Gasteiger partial charge in [0.1, 0.15) is 17.3 Å². The summed E-state index contributed by atoms with van der Waals surface area (Å²) < 4.78 is 75.2. The van der Waals surface area contributed by atoms with Crippen molar-refractivity contribution in [3.8, 4) is 45.1 Å². The minimum absolute atomic E-state index is 0.130. The number of ether oxygens (including phenoxy) is 1. The molecule has 0 fully saturated rings. The lowest BCUT2D eigenvalue weighted by Crippen LogP contribution is -2.16. The van der Waals surface area contributed by atoms with Crippen molar-refractivity contribution in [2.75, 3.05) is 12.9 Å². The summed E-state index contributed by atoms with van der Waals surface area (Å²) in [6.45, 7) is 5.20. The van der Waals surface area contributed by atoms with Gasteiger partial charge in [-0.15, -0.1) is 13.2 Å². The van der Waals surface area contributed by atoms with Gasteiger partial charge in [-0.2, -0.15) is 0 Å². The van der Waals surface area contributed by atoms with Crippen molar-refractivity contribution in [2.24, 2.45) is 0 Å². The van der Waals surface area contributed by atoms with Crippen LogP contribution >= 0.6 is 0 Å². The zero-order valence-corrected chi connectivity index (χ0v) is 24.5. The van der Waals surface area contributed by atoms with E-state index in [1.807, 2.05) is 42.8 Å². The van der Waals surface area contributed by atoms with Crippen molar-refractivity contribution in [1.82, 2.24) is 14.5 Å². The molecule has 0 spiro atoms. The molecule has 12 heteroatoms. The van der Waals surface area contributed by atoms with Gasteiger partial charge in [0.15, 0.2) is 21.5 Å². The summed E-state index contributed by atoms with van der Waals surface area (Å²) in [4.78, 5) is 9.31. The fraction of sp³-hybridized carbons (Fsp3) is 0.226. The van der Waals surface area contributed by atoms with E-state index in [1.165, 1.54) is 24.3 Å². The molecule has 5 aromatic rings. The Kier molecular flexibility index (Phi) is 7.93. The van der Waals surface area contributed by atoms with Crippen LogP contribution in [0.25, 0.3) is 39.4 Å². The molecule has 224 valence electrons. The first-order chi connectivity index (χ1) is 20.2. The highest BCUT2D eigenvalue weighted by Crippen LogP contribution is 2.39. The molecule has 2 heterocycles. The van der Waals surface area contributed by atoms with Crippen LogP contribution in [0.1, 0.15) is 23.0 Å². The van der Waals surface area contributed by atoms with Gasteiger partial charge in [0.2, 0.25) is 0 Å². The monoisotopic (exact) mass is 611 g/mol. The summed E-state index contributed by atoms with van der Waals surface area (Å²) in [5.41, 5.74) is 4.88. The van der Waals surface area contributed by atoms with Gasteiger partial charge in [0.05, 0.1) is 16.3 Å². The van der Waals surface area contributed by atoms with E-state index < -0.39 is 16.2 Å². The van der Waals surface area contributed by atoms with Gasteiger partial charge in [-0.1, -0.05) is 18.2 Å². The van der Waals surface area contributed by atoms with E-state index in [-0.39, 0.29) is 23.7 Å². The number of alkyl halides is 3. The second-order valence-electron chi connectivity index (χ2n) is 10.1. The molecule has 0 radical (unpaired) electrons. The number of imidazole rings is 1. The Labute approximate surface area is 246 Å². The largest absolute Gasteiger partial charge is 0.573 e. The molecular weight excluding hydrogens is 583 g/mol. The summed E-state index contributed by atoms with van der Waals surface area (Å²) in [6, 6.07) is 16.0. The molecule has 0 saturated carbocycles. The molecule has 0 aliphatic rings. The first-order valence-corrected chi connectivity index (χ1v) is 15.1. The van der Waals surface area contributed by atoms with Gasteiger partial charge >= 0.3 is 6.36 Å². The van der Waals surface area contributed by atoms with Crippen molar-refractivity contribution in [1.29, 1.82) is 0 Å². The van der Waals surface area contributed by atoms with E-state index in [1.54, 1.807) is 25.1 Å². The number of aromatic nitrogens is 3. The molecule has 8 nitrogen and oxygen atoms in total. The average molecular weight is 612 g/mol. The third kappa shape index (κ3) is 6.50. The predicted octanol–water partition coefficient (Wildman–Crippen LogP) is 6.62. The van der Waals surface area contributed by atoms with Crippen molar-refractivity contribution < 1.29 is 35.8 Å². The fourth-order valence-corrected chi connectivity index (χ4v) is 5.98. The minimum atomic E-state index is -4.82. The highest BCUT2D eigenvalue weighted by atomic mass is 32.2. The van der Waals surface area contributed by atoms with Crippen LogP contribution in [-0.4, -0.2) is 47.3 Å². The van der Waals surface area contributed by atoms with Crippen LogP contribution in [0.5, 0.6) is 5.75 Å². The van der Waals surface area contributed by atoms with Crippen LogP contribution in [-0.2, 0) is 16.3 Å². The van der Waals surface area contributed by atoms with Crippen molar-refractivity contribution in [3.05, 3.63) is 89.8 Å². The van der Waals surface area contributed by atoms with Gasteiger partial charge in [-0.25, -0.2) is 18.4 Å². The molecule has 2 aromatic heterocycles. The lowest BCUT2D eigenvalue weighted by Gasteiger charge is -2.15. The fourth-order valence-electron chi connectivity index (χ4n) is 5.00. The lowest BCUT2D eigenvalue weighted by atomic mass is 9.97. The summed E-state index contributed by atoms with van der Waals surface area (Å²) in [6.07, 6.45) is -1.63. The first kappa shape index (κ1) is 30.1. The molecular formula is C31H28F3N3O5S. The highest BCUT2D eigenvalue weighted by Gasteiger charge is 2.31. The van der Waals surface area contributed by atoms with Gasteiger partial charge in [0, 0.05) is 37.1 Å². The zero-order chi connectivity index (χ0) is 31.1. The Morgan fingerprint density at radius 1 is 0.930 bits per heavy atom. The molecule has 0 unspecified atom stereocenters. The Hall–Kier alpha value is -4.42. The maximum atomic E-state index is 12.7. The Bertz CT molecular complexity index is 1910. The molecule has 0 aliphatic heterocycles. The number of rotatable bonds is 8. The van der Waals surface area contributed by atoms with Gasteiger partial charge in [0.25, 0.3) is 0 Å². The number of oxazole rings is 1. The zero-order valence-electron chi connectivity index (χ0n) is 23.7. The molecule has 0 bridgehead atoms. The number of benzene rings is 3. The molecule has 1 N–H and O–H groups in total. The smallest absolute Gasteiger partial charge is 0.440 e. The average Bonchev–Trinajstić information content (AvgIpc) is 3.48. The standard InChI is InChI=1S/C31H28F3N3O5S/c1-18-17-37(19(2)35-18)27-12-9-23(24-6-5-21(13-14-38)28(16-24)43(4,39)40)15-26(27)29-30(41-20(3)36-29)22-7-10-25(11-8-22)42-31(32,33)34/h5-12,15-17,38H,13-14H2,1-4H3. The number of halogens is 3. The van der Waals surface area contributed by atoms with Crippen molar-refractivity contribution in [3.63, 3.8) is 0 Å². The molecule has 0 atom stereocenters. The number of aliphatic hydroxyl groups is 1. The topological polar surface area (TPSA) is 107 Å². The van der Waals surface area contributed by atoms with E-state index in [4.69, 9.17) is 4.42 Å². The van der Waals surface area contributed by atoms with Crippen LogP contribution in [0, 0.1) is 20.8 Å². The third-order valence-electron chi connectivity index (χ3n) is 6.78. The second kappa shape index (κ2) is 11.3. The molecule has 0 amide bonds. The van der Waals surface area contributed by atoms with E-state index in [9.17, 15) is 26.7 Å². The number of hydrogen-bond acceptors (Lipinski definition) is 7. The Morgan fingerprint density at radius 2 is 1.58 bits per heavy atom. The van der Waals surface area contributed by atoms with Crippen molar-refractivity contribution in [2.45, 2.75) is 38.4 Å². The number of hydrogen-bond donors (Lipinski definition) is 1. The van der Waals surface area contributed by atoms with E-state index in [0.717, 1.165) is 17.8 Å². The number of sulfone groups is 1. The third-order valence-corrected chi connectivity index (χ3v) is 7.96. The van der Waals surface area contributed by atoms with Gasteiger partial charge in [-0.3, -0.25) is 0 Å². The lowest BCUT2D eigenvalue weighted by molar-refractivity contribution is -0.274. The minimum Gasteiger partial charge on any atom is -0.440 e. The summed E-state index contributed by atoms with van der Waals surface area (Å²) in [5.74, 6) is 1.02. The Balaban J connectivity index is 1.70. The molecule has 5 rings (SSSR count). The van der Waals surface area contributed by atoms with Crippen LogP contribution < -0.4 is 4.74 Å². The van der Waals surface area contributed by atoms with Crippen LogP contribution in [0.15, 0.2) is 76.2 Å². The van der Waals surface area contributed by atoms with Crippen molar-refractivity contribution >= 4 is 9.84 Å². The maximum Gasteiger partial charge on any atom is 0.573 e. The summed E-state index contributed by atoms with van der Waals surface area (Å²) >= 11 is 0. The maximum absolute atomic E-state index is 12.7. The first-order valence-electron chi connectivity index (χ1n) is 13.2. The van der Waals surface area contributed by atoms with Crippen LogP contribution in [0.4, 0.5) is 13.2 Å². The van der Waals surface area contributed by atoms with E-state index in [0.29, 0.717) is 50.8 Å². The number of aryl methyl sites for hydroxylation is 3. The predicted molar refractivity (Wildman–Crippen MR) is 155 cm³/mol. The highest BCUT2D eigenvalue weighted by molar-refractivity contribution is 7.90. The van der Waals surface area contributed by atoms with Gasteiger partial charge in [-0.05, 0) is 79.4 Å². The van der Waals surface area contributed by atoms with E-state index >= 15 is 0 Å². The second-order valence-corrected chi connectivity index (χ2v) is 12.1. The van der Waals surface area contributed by atoms with Crippen LogP contribution in [0.2, 0.25) is 0 Å². The SMILES string of the molecule is Cc1cn(-c2ccc(-c3ccc(CCO)c(S(C)(=O)=O)c3)cc2-c2nc(C)oc2-c2ccc(OC(F)(F)F)cc2)c(C)n1. The molecule has 0 aliphatic carbocycles. The Morgan fingerprint density at radius 3 is 2.19 bits per heavy atom. The number of nitrogens with zero attached hydrogens (tertiary/aromatic N) is 3. The molecule has 0 saturated heterocycles. The number of aliphatic hydroxyl groups excluding tert-OH is 1. The normalized spacial score (nSPS) is 12.1. The summed E-state index contributed by atoms with van der Waals surface area (Å²) in [5, 5.41) is 9.43.